The molecule has 0 bridgehead atoms. The molecule has 2 N–H and O–H groups in total. The van der Waals surface area contributed by atoms with E-state index in [0.717, 1.165) is 8.98 Å². The van der Waals surface area contributed by atoms with Gasteiger partial charge in [-0.15, -0.1) is 0 Å². The monoisotopic (exact) mass is 500 g/mol. The fourth-order valence-electron chi connectivity index (χ4n) is 1.83. The maximum atomic E-state index is 5.81. The van der Waals surface area contributed by atoms with Gasteiger partial charge in [0.15, 0.2) is 0 Å². The van der Waals surface area contributed by atoms with E-state index >= 15 is 0 Å². The van der Waals surface area contributed by atoms with Crippen molar-refractivity contribution in [2.24, 2.45) is 5.41 Å². The molecule has 2 rings (SSSR count). The van der Waals surface area contributed by atoms with Gasteiger partial charge in [-0.3, -0.25) is 0 Å². The number of halogens is 2. The van der Waals surface area contributed by atoms with Crippen molar-refractivity contribution >= 4 is 0 Å². The van der Waals surface area contributed by atoms with E-state index < -0.39 is 0 Å². The van der Waals surface area contributed by atoms with Gasteiger partial charge in [-0.25, -0.2) is 0 Å². The van der Waals surface area contributed by atoms with E-state index in [1.54, 1.807) is 0 Å². The number of nitrogens with one attached hydrogen (secondary N) is 2. The summed E-state index contributed by atoms with van der Waals surface area (Å²) in [5.74, 6) is 0. The molecule has 6 nitrogen and oxygen atoms in total. The van der Waals surface area contributed by atoms with Crippen LogP contribution in [-0.2, 0) is 18.9 Å². The van der Waals surface area contributed by atoms with E-state index in [2.05, 4.69) is 8.85 Å². The summed E-state index contributed by atoms with van der Waals surface area (Å²) >= 11 is -0.101. The van der Waals surface area contributed by atoms with E-state index in [1.165, 1.54) is 0 Å². The third-order valence-corrected chi connectivity index (χ3v) is 7.43. The molecule has 0 saturated carbocycles. The van der Waals surface area contributed by atoms with Gasteiger partial charge in [-0.05, 0) is 0 Å². The standard InChI is InChI=1S/C11H22I2N2O4/c1-14-8-12-10-18-6-11(7-19-10)4-16-9(17-5-11)3-13-15-2/h9-10,14-15H,3-8H2,1-2H3/q-2. The fourth-order valence-corrected chi connectivity index (χ4v) is 4.81. The van der Waals surface area contributed by atoms with Crippen molar-refractivity contribution in [3.8, 4) is 0 Å². The van der Waals surface area contributed by atoms with Gasteiger partial charge in [0, 0.05) is 0 Å². The fraction of sp³-hybridized carbons (Fsp3) is 1.00. The zero-order valence-corrected chi connectivity index (χ0v) is 15.6. The molecule has 0 atom stereocenters. The Morgan fingerprint density at radius 2 is 1.68 bits per heavy atom. The molecule has 19 heavy (non-hydrogen) atoms. The molecular formula is C11H22I2N2O4-2. The van der Waals surface area contributed by atoms with Gasteiger partial charge in [0.25, 0.3) is 0 Å². The zero-order valence-electron chi connectivity index (χ0n) is 11.3. The first-order valence-electron chi connectivity index (χ1n) is 6.22. The Morgan fingerprint density at radius 1 is 1.05 bits per heavy atom. The number of ether oxygens (including phenoxy) is 4. The molecular weight excluding hydrogens is 478 g/mol. The Balaban J connectivity index is 1.69. The van der Waals surface area contributed by atoms with Gasteiger partial charge in [0.2, 0.25) is 0 Å². The van der Waals surface area contributed by atoms with Crippen molar-refractivity contribution in [1.82, 2.24) is 8.85 Å². The van der Waals surface area contributed by atoms with Crippen LogP contribution in [0.1, 0.15) is 0 Å². The summed E-state index contributed by atoms with van der Waals surface area (Å²) in [6.07, 6.45) is -0.0414. The minimum absolute atomic E-state index is 0.00707. The first kappa shape index (κ1) is 16.6. The summed E-state index contributed by atoms with van der Waals surface area (Å²) in [5, 5.41) is 3.15. The number of alkyl halides is 3. The summed E-state index contributed by atoms with van der Waals surface area (Å²) in [4.78, 5) is 0. The third kappa shape index (κ3) is 5.16. The molecule has 0 aliphatic carbocycles. The molecule has 0 amide bonds. The number of hydrogen-bond donors (Lipinski definition) is 2. The van der Waals surface area contributed by atoms with Crippen molar-refractivity contribution in [3.05, 3.63) is 0 Å². The molecule has 2 aliphatic rings. The van der Waals surface area contributed by atoms with Crippen LogP contribution in [-0.4, -0.2) is 60.1 Å². The first-order chi connectivity index (χ1) is 9.28. The normalized spacial score (nSPS) is 36.1. The molecule has 1 spiro atoms. The average Bonchev–Trinajstić information content (AvgIpc) is 2.46. The Bertz CT molecular complexity index is 228. The topological polar surface area (TPSA) is 61.0 Å². The quantitative estimate of drug-likeness (QED) is 0.164. The molecule has 0 aromatic carbocycles. The molecule has 116 valence electrons. The van der Waals surface area contributed by atoms with Gasteiger partial charge in [-0.1, -0.05) is 0 Å². The van der Waals surface area contributed by atoms with Crippen LogP contribution in [0, 0.1) is 5.41 Å². The average molecular weight is 500 g/mol. The Labute approximate surface area is 135 Å². The van der Waals surface area contributed by atoms with Crippen molar-refractivity contribution in [3.63, 3.8) is 0 Å². The van der Waals surface area contributed by atoms with Crippen molar-refractivity contribution in [1.29, 1.82) is 0 Å². The third-order valence-electron chi connectivity index (χ3n) is 2.87. The summed E-state index contributed by atoms with van der Waals surface area (Å²) in [5.41, 5.74) is -0.0889. The van der Waals surface area contributed by atoms with Crippen LogP contribution in [0.3, 0.4) is 0 Å². The van der Waals surface area contributed by atoms with Gasteiger partial charge < -0.3 is 0 Å². The molecule has 2 fully saturated rings. The van der Waals surface area contributed by atoms with E-state index in [9.17, 15) is 0 Å². The molecule has 0 aromatic rings. The summed E-state index contributed by atoms with van der Waals surface area (Å²) in [6, 6.07) is 0. The number of rotatable bonds is 6. The van der Waals surface area contributed by atoms with Crippen LogP contribution >= 0.6 is 0 Å². The molecule has 8 heteroatoms. The molecule has 0 aromatic heterocycles. The SMILES string of the molecule is CNC[I-]C1OCC2(COC(C[I-]NC)OC2)CO1. The van der Waals surface area contributed by atoms with Crippen LogP contribution in [0.5, 0.6) is 0 Å². The molecule has 0 unspecified atom stereocenters. The van der Waals surface area contributed by atoms with Crippen LogP contribution < -0.4 is 51.5 Å². The van der Waals surface area contributed by atoms with E-state index in [4.69, 9.17) is 18.9 Å². The summed E-state index contributed by atoms with van der Waals surface area (Å²) in [6.45, 7) is 2.74. The summed E-state index contributed by atoms with van der Waals surface area (Å²) in [7, 11) is 3.94. The van der Waals surface area contributed by atoms with Crippen LogP contribution in [0.4, 0.5) is 0 Å². The zero-order chi connectivity index (χ0) is 13.6. The van der Waals surface area contributed by atoms with E-state index in [-0.39, 0.29) is 58.7 Å². The van der Waals surface area contributed by atoms with Gasteiger partial charge in [0.05, 0.1) is 0 Å². The van der Waals surface area contributed by atoms with Crippen LogP contribution in [0.2, 0.25) is 0 Å². The minimum atomic E-state index is -0.0941. The molecule has 2 aliphatic heterocycles. The van der Waals surface area contributed by atoms with Crippen molar-refractivity contribution in [2.45, 2.75) is 10.6 Å². The van der Waals surface area contributed by atoms with Gasteiger partial charge >= 0.3 is 136 Å². The van der Waals surface area contributed by atoms with E-state index in [1.807, 2.05) is 14.1 Å². The second-order valence-corrected chi connectivity index (χ2v) is 9.95. The van der Waals surface area contributed by atoms with Gasteiger partial charge in [0.1, 0.15) is 0 Å². The summed E-state index contributed by atoms with van der Waals surface area (Å²) < 4.78 is 28.4. The van der Waals surface area contributed by atoms with Crippen molar-refractivity contribution < 1.29 is 61.6 Å². The maximum absolute atomic E-state index is 5.81. The van der Waals surface area contributed by atoms with E-state index in [0.29, 0.717) is 26.4 Å². The molecule has 2 saturated heterocycles. The van der Waals surface area contributed by atoms with Gasteiger partial charge in [-0.2, -0.15) is 0 Å². The predicted octanol–water partition coefficient (Wildman–Crippen LogP) is -6.83. The predicted molar refractivity (Wildman–Crippen MR) is 61.7 cm³/mol. The van der Waals surface area contributed by atoms with Crippen molar-refractivity contribution in [2.75, 3.05) is 49.5 Å². The second kappa shape index (κ2) is 8.61. The Hall–Kier alpha value is 1.22. The Kier molecular flexibility index (Phi) is 7.52. The molecule has 0 radical (unpaired) electrons. The first-order valence-corrected chi connectivity index (χ1v) is 11.6. The Morgan fingerprint density at radius 3 is 2.26 bits per heavy atom. The van der Waals surface area contributed by atoms with Crippen LogP contribution in [0.25, 0.3) is 0 Å². The van der Waals surface area contributed by atoms with Crippen LogP contribution in [0.15, 0.2) is 0 Å². The molecule has 2 heterocycles. The number of hydrogen-bond acceptors (Lipinski definition) is 6. The second-order valence-electron chi connectivity index (χ2n) is 4.57.